The molecule has 0 amide bonds. The Morgan fingerprint density at radius 2 is 0.741 bits per heavy atom. The number of hydrogen-bond donors (Lipinski definition) is 0. The molecule has 0 radical (unpaired) electrons. The molecule has 4 atom stereocenters. The summed E-state index contributed by atoms with van der Waals surface area (Å²) in [4.78, 5) is 0. The lowest BCUT2D eigenvalue weighted by atomic mass is 9.62. The van der Waals surface area contributed by atoms with E-state index in [1.54, 1.807) is 0 Å². The molecule has 0 aliphatic heterocycles. The summed E-state index contributed by atoms with van der Waals surface area (Å²) in [6.07, 6.45) is 18.3. The van der Waals surface area contributed by atoms with Gasteiger partial charge in [-0.15, -0.1) is 0 Å². The van der Waals surface area contributed by atoms with Crippen molar-refractivity contribution in [3.05, 3.63) is 0 Å². The summed E-state index contributed by atoms with van der Waals surface area (Å²) < 4.78 is 0. The van der Waals surface area contributed by atoms with Crippen LogP contribution in [0.15, 0.2) is 0 Å². The summed E-state index contributed by atoms with van der Waals surface area (Å²) in [5.74, 6) is 5.55. The Balaban J connectivity index is 5.68. The highest BCUT2D eigenvalue weighted by Gasteiger charge is 2.36. The molecule has 0 N–H and O–H groups in total. The topological polar surface area (TPSA) is 0 Å². The average molecular weight is 381 g/mol. The summed E-state index contributed by atoms with van der Waals surface area (Å²) in [7, 11) is 0. The summed E-state index contributed by atoms with van der Waals surface area (Å²) >= 11 is 0. The molecule has 0 rings (SSSR count). The minimum Gasteiger partial charge on any atom is -0.0654 e. The fourth-order valence-electron chi connectivity index (χ4n) is 6.16. The van der Waals surface area contributed by atoms with E-state index in [1.165, 1.54) is 83.5 Å². The zero-order valence-corrected chi connectivity index (χ0v) is 20.7. The van der Waals surface area contributed by atoms with Crippen molar-refractivity contribution in [3.63, 3.8) is 0 Å². The zero-order chi connectivity index (χ0) is 20.7. The Labute approximate surface area is 174 Å². The van der Waals surface area contributed by atoms with Gasteiger partial charge in [-0.1, -0.05) is 139 Å². The Kier molecular flexibility index (Phi) is 16.9. The highest BCUT2D eigenvalue weighted by molar-refractivity contribution is 4.86. The van der Waals surface area contributed by atoms with Crippen molar-refractivity contribution in [1.82, 2.24) is 0 Å². The van der Waals surface area contributed by atoms with E-state index in [0.29, 0.717) is 0 Å². The monoisotopic (exact) mass is 380 g/mol. The lowest BCUT2D eigenvalue weighted by Crippen LogP contribution is -2.36. The molecular formula is C27H56. The third-order valence-electron chi connectivity index (χ3n) is 7.47. The van der Waals surface area contributed by atoms with Crippen LogP contribution in [-0.2, 0) is 0 Å². The Hall–Kier alpha value is 0. The fourth-order valence-corrected chi connectivity index (χ4v) is 6.16. The standard InChI is InChI=1S/C27H56/c1-9-15-21-25(18-12-4)23(8)27(26(19-13-5)20-14-6)22(7)24(16-10-2)17-11-3/h22-27H,9-21H2,1-8H3. The molecule has 0 fully saturated rings. The predicted octanol–water partition coefficient (Wildman–Crippen LogP) is 9.91. The molecule has 4 unspecified atom stereocenters. The molecule has 0 saturated heterocycles. The Bertz CT molecular complexity index is 295. The SMILES string of the molecule is CCCCC(CCC)C(C)C(C(CCC)CCC)C(C)C(CCC)CCC. The Morgan fingerprint density at radius 3 is 1.07 bits per heavy atom. The van der Waals surface area contributed by atoms with Crippen molar-refractivity contribution < 1.29 is 0 Å². The summed E-state index contributed by atoms with van der Waals surface area (Å²) in [5.41, 5.74) is 0. The second-order valence-corrected chi connectivity index (χ2v) is 9.66. The minimum absolute atomic E-state index is 0.893. The first-order valence-electron chi connectivity index (χ1n) is 13.0. The van der Waals surface area contributed by atoms with E-state index in [-0.39, 0.29) is 0 Å². The van der Waals surface area contributed by atoms with Crippen LogP contribution in [0.5, 0.6) is 0 Å². The molecule has 0 aromatic rings. The van der Waals surface area contributed by atoms with Crippen LogP contribution in [-0.4, -0.2) is 0 Å². The van der Waals surface area contributed by atoms with Crippen LogP contribution in [0.4, 0.5) is 0 Å². The van der Waals surface area contributed by atoms with Gasteiger partial charge in [0, 0.05) is 0 Å². The van der Waals surface area contributed by atoms with Crippen LogP contribution in [0.2, 0.25) is 0 Å². The van der Waals surface area contributed by atoms with Crippen LogP contribution < -0.4 is 0 Å². The molecule has 0 heteroatoms. The maximum absolute atomic E-state index is 2.66. The van der Waals surface area contributed by atoms with Gasteiger partial charge in [-0.3, -0.25) is 0 Å². The lowest BCUT2D eigenvalue weighted by Gasteiger charge is -2.43. The first kappa shape index (κ1) is 27.0. The van der Waals surface area contributed by atoms with Crippen molar-refractivity contribution in [1.29, 1.82) is 0 Å². The predicted molar refractivity (Wildman–Crippen MR) is 126 cm³/mol. The van der Waals surface area contributed by atoms with Gasteiger partial charge in [0.25, 0.3) is 0 Å². The maximum atomic E-state index is 2.66. The molecule has 164 valence electrons. The van der Waals surface area contributed by atoms with Crippen molar-refractivity contribution in [2.24, 2.45) is 35.5 Å². The van der Waals surface area contributed by atoms with Crippen molar-refractivity contribution >= 4 is 0 Å². The minimum atomic E-state index is 0.893. The molecule has 0 spiro atoms. The van der Waals surface area contributed by atoms with Crippen molar-refractivity contribution in [3.8, 4) is 0 Å². The lowest BCUT2D eigenvalue weighted by molar-refractivity contribution is 0.0598. The van der Waals surface area contributed by atoms with E-state index in [2.05, 4.69) is 55.4 Å². The molecule has 27 heavy (non-hydrogen) atoms. The largest absolute Gasteiger partial charge is 0.0654 e. The van der Waals surface area contributed by atoms with E-state index in [4.69, 9.17) is 0 Å². The number of rotatable bonds is 18. The van der Waals surface area contributed by atoms with Gasteiger partial charge in [0.05, 0.1) is 0 Å². The van der Waals surface area contributed by atoms with Gasteiger partial charge >= 0.3 is 0 Å². The zero-order valence-electron chi connectivity index (χ0n) is 20.7. The van der Waals surface area contributed by atoms with Crippen LogP contribution in [0.25, 0.3) is 0 Å². The van der Waals surface area contributed by atoms with Gasteiger partial charge in [0.15, 0.2) is 0 Å². The van der Waals surface area contributed by atoms with Gasteiger partial charge in [-0.25, -0.2) is 0 Å². The maximum Gasteiger partial charge on any atom is -0.0329 e. The third-order valence-corrected chi connectivity index (χ3v) is 7.47. The van der Waals surface area contributed by atoms with Crippen LogP contribution in [0.1, 0.15) is 139 Å². The average Bonchev–Trinajstić information content (AvgIpc) is 2.65. The van der Waals surface area contributed by atoms with Gasteiger partial charge in [0.2, 0.25) is 0 Å². The molecule has 0 aliphatic carbocycles. The fraction of sp³-hybridized carbons (Fsp3) is 1.00. The van der Waals surface area contributed by atoms with Crippen LogP contribution in [0, 0.1) is 35.5 Å². The van der Waals surface area contributed by atoms with Crippen molar-refractivity contribution in [2.45, 2.75) is 139 Å². The highest BCUT2D eigenvalue weighted by atomic mass is 14.4. The first-order chi connectivity index (χ1) is 13.0. The molecular weight excluding hydrogens is 324 g/mol. The molecule has 0 aliphatic rings. The number of unbranched alkanes of at least 4 members (excludes halogenated alkanes) is 1. The van der Waals surface area contributed by atoms with E-state index in [9.17, 15) is 0 Å². The first-order valence-corrected chi connectivity index (χ1v) is 13.0. The Morgan fingerprint density at radius 1 is 0.407 bits per heavy atom. The molecule has 0 nitrogen and oxygen atoms in total. The summed E-state index contributed by atoms with van der Waals surface area (Å²) in [6.45, 7) is 19.7. The van der Waals surface area contributed by atoms with Gasteiger partial charge in [-0.05, 0) is 35.5 Å². The molecule has 0 heterocycles. The summed E-state index contributed by atoms with van der Waals surface area (Å²) in [5, 5.41) is 0. The van der Waals surface area contributed by atoms with Crippen LogP contribution >= 0.6 is 0 Å². The smallest absolute Gasteiger partial charge is 0.0329 e. The van der Waals surface area contributed by atoms with E-state index in [0.717, 1.165) is 35.5 Å². The van der Waals surface area contributed by atoms with E-state index < -0.39 is 0 Å². The van der Waals surface area contributed by atoms with Crippen LogP contribution in [0.3, 0.4) is 0 Å². The van der Waals surface area contributed by atoms with E-state index in [1.807, 2.05) is 0 Å². The summed E-state index contributed by atoms with van der Waals surface area (Å²) in [6, 6.07) is 0. The normalized spacial score (nSPS) is 16.7. The molecule has 0 bridgehead atoms. The third kappa shape index (κ3) is 9.85. The molecule has 0 saturated carbocycles. The molecule has 0 aromatic carbocycles. The molecule has 0 aromatic heterocycles. The number of hydrogen-bond acceptors (Lipinski definition) is 0. The van der Waals surface area contributed by atoms with Crippen molar-refractivity contribution in [2.75, 3.05) is 0 Å². The van der Waals surface area contributed by atoms with E-state index >= 15 is 0 Å². The van der Waals surface area contributed by atoms with Gasteiger partial charge in [-0.2, -0.15) is 0 Å². The second-order valence-electron chi connectivity index (χ2n) is 9.66. The van der Waals surface area contributed by atoms with Gasteiger partial charge in [0.1, 0.15) is 0 Å². The second kappa shape index (κ2) is 16.9. The van der Waals surface area contributed by atoms with Gasteiger partial charge < -0.3 is 0 Å². The quantitative estimate of drug-likeness (QED) is 0.222. The highest BCUT2D eigenvalue weighted by Crippen LogP contribution is 2.44.